The van der Waals surface area contributed by atoms with Gasteiger partial charge in [0.15, 0.2) is 0 Å². The molecule has 2 fully saturated rings. The summed E-state index contributed by atoms with van der Waals surface area (Å²) in [5.74, 6) is 0.276. The number of ketones is 1. The quantitative estimate of drug-likeness (QED) is 0.501. The lowest BCUT2D eigenvalue weighted by atomic mass is 9.91. The molecule has 0 N–H and O–H groups in total. The Balaban J connectivity index is 0.000000186. The molecule has 4 bridgehead atoms. The van der Waals surface area contributed by atoms with E-state index in [9.17, 15) is 14.4 Å². The van der Waals surface area contributed by atoms with Crippen LogP contribution in [0.1, 0.15) is 67.2 Å². The van der Waals surface area contributed by atoms with Crippen molar-refractivity contribution >= 4 is 18.0 Å². The second-order valence-corrected chi connectivity index (χ2v) is 11.1. The van der Waals surface area contributed by atoms with Gasteiger partial charge in [0.05, 0.1) is 36.2 Å². The number of nitriles is 1. The molecule has 8 nitrogen and oxygen atoms in total. The number of hydrogen-bond donors (Lipinski definition) is 0. The molecular weight excluding hydrogens is 422 g/mol. The SMILES string of the molecule is CC(C)(C)OC(=O)N1[C@@H]2C=C[C@H]1CC(=O)C2.CC(C)(C)OC(=O)N1[C@@H]2C=C[C@H]1CC(C#N)C2. The molecule has 0 spiro atoms. The fourth-order valence-corrected chi connectivity index (χ4v) is 4.60. The maximum atomic E-state index is 12.1. The second-order valence-electron chi connectivity index (χ2n) is 11.1. The molecule has 33 heavy (non-hydrogen) atoms. The van der Waals surface area contributed by atoms with Gasteiger partial charge in [0.2, 0.25) is 0 Å². The molecule has 0 aromatic heterocycles. The minimum atomic E-state index is -0.488. The molecule has 2 saturated heterocycles. The van der Waals surface area contributed by atoms with Crippen molar-refractivity contribution in [1.29, 1.82) is 5.26 Å². The zero-order valence-corrected chi connectivity index (χ0v) is 20.4. The molecule has 0 saturated carbocycles. The smallest absolute Gasteiger partial charge is 0.411 e. The highest BCUT2D eigenvalue weighted by atomic mass is 16.6. The molecule has 4 aliphatic rings. The summed E-state index contributed by atoms with van der Waals surface area (Å²) in [6.07, 6.45) is 9.61. The summed E-state index contributed by atoms with van der Waals surface area (Å²) in [4.78, 5) is 38.8. The van der Waals surface area contributed by atoms with Crippen molar-refractivity contribution in [2.75, 3.05) is 0 Å². The third-order valence-corrected chi connectivity index (χ3v) is 5.86. The first-order chi connectivity index (χ1) is 15.3. The zero-order chi connectivity index (χ0) is 24.6. The summed E-state index contributed by atoms with van der Waals surface area (Å²) in [7, 11) is 0. The van der Waals surface area contributed by atoms with Crippen LogP contribution in [0.4, 0.5) is 9.59 Å². The van der Waals surface area contributed by atoms with Crippen LogP contribution in [0.3, 0.4) is 0 Å². The maximum absolute atomic E-state index is 12.1. The molecule has 2 amide bonds. The number of fused-ring (bicyclic) bond motifs is 4. The van der Waals surface area contributed by atoms with Gasteiger partial charge in [-0.25, -0.2) is 9.59 Å². The van der Waals surface area contributed by atoms with Gasteiger partial charge < -0.3 is 9.47 Å². The minimum absolute atomic E-state index is 0.0354. The molecule has 5 atom stereocenters. The van der Waals surface area contributed by atoms with Crippen LogP contribution < -0.4 is 0 Å². The molecule has 0 aromatic carbocycles. The van der Waals surface area contributed by atoms with E-state index in [2.05, 4.69) is 6.07 Å². The van der Waals surface area contributed by atoms with Crippen LogP contribution in [-0.4, -0.2) is 63.1 Å². The Morgan fingerprint density at radius 2 is 1.18 bits per heavy atom. The van der Waals surface area contributed by atoms with Crippen molar-refractivity contribution in [1.82, 2.24) is 9.80 Å². The fourth-order valence-electron chi connectivity index (χ4n) is 4.60. The first kappa shape index (κ1) is 24.8. The third kappa shape index (κ3) is 6.16. The topological polar surface area (TPSA) is 99.9 Å². The van der Waals surface area contributed by atoms with Gasteiger partial charge in [0, 0.05) is 12.8 Å². The van der Waals surface area contributed by atoms with E-state index in [1.807, 2.05) is 65.8 Å². The summed E-state index contributed by atoms with van der Waals surface area (Å²) >= 11 is 0. The number of amides is 2. The molecule has 8 heteroatoms. The predicted octanol–water partition coefficient (Wildman–Crippen LogP) is 4.36. The number of piperidine rings is 2. The molecule has 180 valence electrons. The average molecular weight is 458 g/mol. The third-order valence-electron chi connectivity index (χ3n) is 5.86. The van der Waals surface area contributed by atoms with E-state index in [1.54, 1.807) is 9.80 Å². The first-order valence-electron chi connectivity index (χ1n) is 11.6. The Morgan fingerprint density at radius 3 is 1.55 bits per heavy atom. The van der Waals surface area contributed by atoms with Crippen LogP contribution in [-0.2, 0) is 14.3 Å². The van der Waals surface area contributed by atoms with Crippen molar-refractivity contribution in [2.45, 2.75) is 103 Å². The summed E-state index contributed by atoms with van der Waals surface area (Å²) in [5.41, 5.74) is -0.958. The van der Waals surface area contributed by atoms with Gasteiger partial charge in [-0.3, -0.25) is 14.6 Å². The lowest BCUT2D eigenvalue weighted by Gasteiger charge is -2.37. The van der Waals surface area contributed by atoms with Gasteiger partial charge in [0.1, 0.15) is 17.0 Å². The van der Waals surface area contributed by atoms with E-state index < -0.39 is 11.2 Å². The highest BCUT2D eigenvalue weighted by Crippen LogP contribution is 2.35. The number of Topliss-reactive ketones (excluding diaryl/α,β-unsaturated/α-hetero) is 1. The van der Waals surface area contributed by atoms with E-state index >= 15 is 0 Å². The van der Waals surface area contributed by atoms with Crippen LogP contribution >= 0.6 is 0 Å². The van der Waals surface area contributed by atoms with Crippen molar-refractivity contribution in [3.63, 3.8) is 0 Å². The van der Waals surface area contributed by atoms with E-state index in [0.717, 1.165) is 12.8 Å². The number of carbonyl (C=O) groups excluding carboxylic acids is 3. The Morgan fingerprint density at radius 1 is 0.818 bits per heavy atom. The number of ether oxygens (including phenoxy) is 2. The number of rotatable bonds is 0. The molecule has 1 unspecified atom stereocenters. The van der Waals surface area contributed by atoms with Crippen LogP contribution in [0, 0.1) is 17.2 Å². The summed E-state index contributed by atoms with van der Waals surface area (Å²) in [6.45, 7) is 11.1. The second kappa shape index (κ2) is 9.20. The van der Waals surface area contributed by atoms with Gasteiger partial charge in [0.25, 0.3) is 0 Å². The monoisotopic (exact) mass is 457 g/mol. The van der Waals surface area contributed by atoms with Crippen molar-refractivity contribution < 1.29 is 23.9 Å². The summed E-state index contributed by atoms with van der Waals surface area (Å²) in [5, 5.41) is 8.95. The average Bonchev–Trinajstić information content (AvgIpc) is 3.10. The highest BCUT2D eigenvalue weighted by molar-refractivity contribution is 5.85. The van der Waals surface area contributed by atoms with Gasteiger partial charge in [-0.15, -0.1) is 0 Å². The minimum Gasteiger partial charge on any atom is -0.444 e. The van der Waals surface area contributed by atoms with Crippen molar-refractivity contribution in [3.05, 3.63) is 24.3 Å². The Bertz CT molecular complexity index is 855. The van der Waals surface area contributed by atoms with Crippen LogP contribution in [0.25, 0.3) is 0 Å². The van der Waals surface area contributed by atoms with E-state index in [0.29, 0.717) is 12.8 Å². The Labute approximate surface area is 196 Å². The summed E-state index contributed by atoms with van der Waals surface area (Å²) in [6, 6.07) is 2.17. The predicted molar refractivity (Wildman–Crippen MR) is 122 cm³/mol. The van der Waals surface area contributed by atoms with Crippen LogP contribution in [0.5, 0.6) is 0 Å². The summed E-state index contributed by atoms with van der Waals surface area (Å²) < 4.78 is 10.7. The van der Waals surface area contributed by atoms with E-state index in [1.165, 1.54) is 0 Å². The molecule has 0 radical (unpaired) electrons. The maximum Gasteiger partial charge on any atom is 0.411 e. The molecule has 0 aromatic rings. The van der Waals surface area contributed by atoms with Gasteiger partial charge in [-0.1, -0.05) is 24.3 Å². The Hall–Kier alpha value is -2.82. The van der Waals surface area contributed by atoms with Gasteiger partial charge >= 0.3 is 12.2 Å². The first-order valence-corrected chi connectivity index (χ1v) is 11.6. The van der Waals surface area contributed by atoms with Crippen LogP contribution in [0.15, 0.2) is 24.3 Å². The molecule has 4 aliphatic heterocycles. The molecule has 4 heterocycles. The van der Waals surface area contributed by atoms with Gasteiger partial charge in [-0.05, 0) is 54.4 Å². The normalized spacial score (nSPS) is 29.8. The zero-order valence-electron chi connectivity index (χ0n) is 20.4. The lowest BCUT2D eigenvalue weighted by molar-refractivity contribution is -0.122. The van der Waals surface area contributed by atoms with Gasteiger partial charge in [-0.2, -0.15) is 5.26 Å². The molecule has 4 rings (SSSR count). The number of hydrogen-bond acceptors (Lipinski definition) is 6. The van der Waals surface area contributed by atoms with Crippen molar-refractivity contribution in [3.8, 4) is 6.07 Å². The van der Waals surface area contributed by atoms with E-state index in [-0.39, 0.29) is 48.1 Å². The van der Waals surface area contributed by atoms with Crippen LogP contribution in [0.2, 0.25) is 0 Å². The van der Waals surface area contributed by atoms with E-state index in [4.69, 9.17) is 14.7 Å². The number of nitrogens with zero attached hydrogens (tertiary/aromatic N) is 3. The number of carbonyl (C=O) groups is 3. The lowest BCUT2D eigenvalue weighted by Crippen LogP contribution is -2.49. The Kier molecular flexibility index (Phi) is 6.92. The largest absolute Gasteiger partial charge is 0.444 e. The molecular formula is C25H35N3O5. The highest BCUT2D eigenvalue weighted by Gasteiger charge is 2.42. The standard InChI is InChI=1S/C13H18N2O2.C12H17NO3/c1-13(2,3)17-12(16)15-10-4-5-11(15)7-9(6-10)8-14;1-12(2,3)16-11(15)13-8-4-5-9(13)7-10(14)6-8/h4-5,9-11H,6-7H2,1-3H3;4-5,8-9H,6-7H2,1-3H3/t9?,10-,11+;8-,9+. The fraction of sp³-hybridized carbons (Fsp3) is 0.680. The van der Waals surface area contributed by atoms with Crippen molar-refractivity contribution in [2.24, 2.45) is 5.92 Å². The molecule has 0 aliphatic carbocycles.